The molecule has 0 aliphatic heterocycles. The first-order chi connectivity index (χ1) is 15.9. The predicted octanol–water partition coefficient (Wildman–Crippen LogP) is 4.06. The number of amides is 2. The standard InChI is InChI=1S/C26H30N2O5/c1-16(10-13-24(29)28-23(25(30)31)14-17-11-12-17)27-26(32)33-15-22-20-8-4-2-6-18(20)19-7-3-5-9-21(19)22/h2-9,16-17,22-23H,10-15H2,1H3,(H,27,32)(H,28,29)(H,30,31). The molecule has 0 aromatic heterocycles. The summed E-state index contributed by atoms with van der Waals surface area (Å²) in [6, 6.07) is 15.2. The first-order valence-electron chi connectivity index (χ1n) is 11.6. The highest BCUT2D eigenvalue weighted by Crippen LogP contribution is 2.44. The molecule has 0 heterocycles. The van der Waals surface area contributed by atoms with Crippen LogP contribution in [0.4, 0.5) is 4.79 Å². The predicted molar refractivity (Wildman–Crippen MR) is 124 cm³/mol. The van der Waals surface area contributed by atoms with Crippen molar-refractivity contribution in [3.05, 3.63) is 59.7 Å². The third-order valence-corrected chi connectivity index (χ3v) is 6.41. The van der Waals surface area contributed by atoms with Crippen LogP contribution in [0.5, 0.6) is 0 Å². The number of hydrogen-bond acceptors (Lipinski definition) is 4. The SMILES string of the molecule is CC(CCC(=O)NC(CC1CC1)C(=O)O)NC(=O)OCC1c2ccccc2-c2ccccc21. The summed E-state index contributed by atoms with van der Waals surface area (Å²) < 4.78 is 5.54. The van der Waals surface area contributed by atoms with E-state index in [9.17, 15) is 19.5 Å². The summed E-state index contributed by atoms with van der Waals surface area (Å²) in [5.74, 6) is -0.923. The lowest BCUT2D eigenvalue weighted by molar-refractivity contribution is -0.142. The van der Waals surface area contributed by atoms with E-state index in [4.69, 9.17) is 4.74 Å². The number of carbonyl (C=O) groups excluding carboxylic acids is 2. The highest BCUT2D eigenvalue weighted by atomic mass is 16.5. The zero-order valence-corrected chi connectivity index (χ0v) is 18.8. The van der Waals surface area contributed by atoms with Crippen molar-refractivity contribution in [3.8, 4) is 11.1 Å². The van der Waals surface area contributed by atoms with Gasteiger partial charge in [0, 0.05) is 18.4 Å². The Bertz CT molecular complexity index is 987. The van der Waals surface area contributed by atoms with E-state index in [-0.39, 0.29) is 30.9 Å². The van der Waals surface area contributed by atoms with E-state index >= 15 is 0 Å². The number of benzene rings is 2. The van der Waals surface area contributed by atoms with E-state index in [0.29, 0.717) is 18.8 Å². The van der Waals surface area contributed by atoms with E-state index in [2.05, 4.69) is 34.9 Å². The van der Waals surface area contributed by atoms with Gasteiger partial charge in [0.05, 0.1) is 0 Å². The Kier molecular flexibility index (Phi) is 6.96. The zero-order chi connectivity index (χ0) is 23.4. The number of carboxylic acids is 1. The fourth-order valence-corrected chi connectivity index (χ4v) is 4.44. The van der Waals surface area contributed by atoms with E-state index in [1.807, 2.05) is 24.3 Å². The van der Waals surface area contributed by atoms with Crippen LogP contribution in [-0.4, -0.2) is 41.8 Å². The molecular formula is C26H30N2O5. The third kappa shape index (κ3) is 5.72. The molecule has 2 unspecified atom stereocenters. The Morgan fingerprint density at radius 2 is 1.61 bits per heavy atom. The maximum atomic E-state index is 12.4. The molecule has 7 heteroatoms. The number of carbonyl (C=O) groups is 3. The molecule has 1 fully saturated rings. The number of carboxylic acid groups (broad SMARTS) is 1. The Labute approximate surface area is 193 Å². The van der Waals surface area contributed by atoms with Gasteiger partial charge in [-0.25, -0.2) is 9.59 Å². The molecule has 0 radical (unpaired) electrons. The van der Waals surface area contributed by atoms with Crippen molar-refractivity contribution < 1.29 is 24.2 Å². The van der Waals surface area contributed by atoms with Crippen LogP contribution in [-0.2, 0) is 14.3 Å². The molecule has 4 rings (SSSR count). The van der Waals surface area contributed by atoms with Gasteiger partial charge >= 0.3 is 12.1 Å². The topological polar surface area (TPSA) is 105 Å². The van der Waals surface area contributed by atoms with Gasteiger partial charge in [0.1, 0.15) is 12.6 Å². The van der Waals surface area contributed by atoms with Gasteiger partial charge in [-0.05, 0) is 47.9 Å². The van der Waals surface area contributed by atoms with Crippen LogP contribution >= 0.6 is 0 Å². The minimum Gasteiger partial charge on any atom is -0.480 e. The number of nitrogens with one attached hydrogen (secondary N) is 2. The van der Waals surface area contributed by atoms with Crippen LogP contribution in [0.2, 0.25) is 0 Å². The van der Waals surface area contributed by atoms with Crippen molar-refractivity contribution >= 4 is 18.0 Å². The number of alkyl carbamates (subject to hydrolysis) is 1. The summed E-state index contributed by atoms with van der Waals surface area (Å²) in [5.41, 5.74) is 4.64. The maximum Gasteiger partial charge on any atom is 0.407 e. The summed E-state index contributed by atoms with van der Waals surface area (Å²) >= 11 is 0. The minimum absolute atomic E-state index is 0.0105. The van der Waals surface area contributed by atoms with Crippen molar-refractivity contribution in [3.63, 3.8) is 0 Å². The average Bonchev–Trinajstić information content (AvgIpc) is 3.56. The Hall–Kier alpha value is -3.35. The molecule has 2 aliphatic rings. The van der Waals surface area contributed by atoms with Crippen molar-refractivity contribution in [1.29, 1.82) is 0 Å². The van der Waals surface area contributed by atoms with Gasteiger partial charge < -0.3 is 20.5 Å². The first kappa shape index (κ1) is 22.8. The number of ether oxygens (including phenoxy) is 1. The highest BCUT2D eigenvalue weighted by Gasteiger charge is 2.31. The second-order valence-electron chi connectivity index (χ2n) is 9.05. The molecule has 0 spiro atoms. The second-order valence-corrected chi connectivity index (χ2v) is 9.05. The van der Waals surface area contributed by atoms with Gasteiger partial charge in [-0.15, -0.1) is 0 Å². The van der Waals surface area contributed by atoms with Crippen LogP contribution in [0.3, 0.4) is 0 Å². The Morgan fingerprint density at radius 3 is 2.18 bits per heavy atom. The monoisotopic (exact) mass is 450 g/mol. The van der Waals surface area contributed by atoms with E-state index in [0.717, 1.165) is 24.0 Å². The van der Waals surface area contributed by atoms with Crippen LogP contribution in [0.15, 0.2) is 48.5 Å². The van der Waals surface area contributed by atoms with Gasteiger partial charge in [-0.1, -0.05) is 61.4 Å². The average molecular weight is 451 g/mol. The first-order valence-corrected chi connectivity index (χ1v) is 11.6. The number of rotatable bonds is 10. The minimum atomic E-state index is -1.000. The summed E-state index contributed by atoms with van der Waals surface area (Å²) in [6.45, 7) is 2.03. The normalized spacial score (nSPS) is 16.3. The summed E-state index contributed by atoms with van der Waals surface area (Å²) in [4.78, 5) is 35.9. The van der Waals surface area contributed by atoms with Crippen molar-refractivity contribution in [1.82, 2.24) is 10.6 Å². The van der Waals surface area contributed by atoms with E-state index < -0.39 is 18.1 Å². The Morgan fingerprint density at radius 1 is 1.00 bits per heavy atom. The molecule has 3 N–H and O–H groups in total. The fraction of sp³-hybridized carbons (Fsp3) is 0.423. The van der Waals surface area contributed by atoms with Crippen LogP contribution < -0.4 is 10.6 Å². The van der Waals surface area contributed by atoms with Crippen LogP contribution in [0, 0.1) is 5.92 Å². The molecule has 2 aromatic rings. The fourth-order valence-electron chi connectivity index (χ4n) is 4.44. The quantitative estimate of drug-likeness (QED) is 0.506. The Balaban J connectivity index is 1.23. The molecule has 0 saturated heterocycles. The molecule has 2 amide bonds. The lowest BCUT2D eigenvalue weighted by atomic mass is 9.98. The zero-order valence-electron chi connectivity index (χ0n) is 18.8. The number of aliphatic carboxylic acids is 1. The molecular weight excluding hydrogens is 420 g/mol. The van der Waals surface area contributed by atoms with Gasteiger partial charge in [-0.3, -0.25) is 4.79 Å². The van der Waals surface area contributed by atoms with E-state index in [1.165, 1.54) is 11.1 Å². The molecule has 7 nitrogen and oxygen atoms in total. The lowest BCUT2D eigenvalue weighted by Gasteiger charge is -2.18. The van der Waals surface area contributed by atoms with Crippen LogP contribution in [0.1, 0.15) is 56.1 Å². The van der Waals surface area contributed by atoms with Gasteiger partial charge in [0.2, 0.25) is 5.91 Å². The smallest absolute Gasteiger partial charge is 0.407 e. The maximum absolute atomic E-state index is 12.4. The van der Waals surface area contributed by atoms with Crippen LogP contribution in [0.25, 0.3) is 11.1 Å². The van der Waals surface area contributed by atoms with Crippen molar-refractivity contribution in [2.75, 3.05) is 6.61 Å². The summed E-state index contributed by atoms with van der Waals surface area (Å²) in [6.07, 6.45) is 2.54. The summed E-state index contributed by atoms with van der Waals surface area (Å²) in [7, 11) is 0. The second kappa shape index (κ2) is 10.1. The molecule has 33 heavy (non-hydrogen) atoms. The summed E-state index contributed by atoms with van der Waals surface area (Å²) in [5, 5.41) is 14.6. The van der Waals surface area contributed by atoms with Gasteiger partial charge in [0.15, 0.2) is 0 Å². The van der Waals surface area contributed by atoms with Crippen molar-refractivity contribution in [2.24, 2.45) is 5.92 Å². The largest absolute Gasteiger partial charge is 0.480 e. The van der Waals surface area contributed by atoms with Gasteiger partial charge in [-0.2, -0.15) is 0 Å². The molecule has 2 aliphatic carbocycles. The molecule has 1 saturated carbocycles. The molecule has 2 aromatic carbocycles. The molecule has 174 valence electrons. The lowest BCUT2D eigenvalue weighted by Crippen LogP contribution is -2.42. The molecule has 0 bridgehead atoms. The molecule has 2 atom stereocenters. The van der Waals surface area contributed by atoms with Crippen molar-refractivity contribution in [2.45, 2.75) is 57.0 Å². The van der Waals surface area contributed by atoms with E-state index in [1.54, 1.807) is 6.92 Å². The number of fused-ring (bicyclic) bond motifs is 3. The van der Waals surface area contributed by atoms with Gasteiger partial charge in [0.25, 0.3) is 0 Å². The third-order valence-electron chi connectivity index (χ3n) is 6.41. The highest BCUT2D eigenvalue weighted by molar-refractivity contribution is 5.83. The number of hydrogen-bond donors (Lipinski definition) is 3.